The Hall–Kier alpha value is -2.47. The van der Waals surface area contributed by atoms with Crippen LogP contribution in [0.15, 0.2) is 48.5 Å². The maximum atomic E-state index is 12.5. The minimum Gasteiger partial charge on any atom is -0.497 e. The molecule has 0 aliphatic carbocycles. The van der Waals surface area contributed by atoms with Gasteiger partial charge < -0.3 is 10.1 Å². The Morgan fingerprint density at radius 1 is 1.26 bits per heavy atom. The summed E-state index contributed by atoms with van der Waals surface area (Å²) in [5, 5.41) is 2.84. The number of ether oxygens (including phenoxy) is 1. The molecule has 2 amide bonds. The molecule has 0 radical (unpaired) electrons. The second kappa shape index (κ2) is 8.95. The van der Waals surface area contributed by atoms with Gasteiger partial charge in [0.15, 0.2) is 0 Å². The minimum absolute atomic E-state index is 0.0242. The van der Waals surface area contributed by atoms with Crippen LogP contribution in [0.3, 0.4) is 0 Å². The summed E-state index contributed by atoms with van der Waals surface area (Å²) in [5.74, 6) is 1.29. The number of methoxy groups -OCH3 is 1. The van der Waals surface area contributed by atoms with Gasteiger partial charge in [0.05, 0.1) is 12.9 Å². The summed E-state index contributed by atoms with van der Waals surface area (Å²) < 4.78 is 5.20. The van der Waals surface area contributed by atoms with Gasteiger partial charge in [-0.1, -0.05) is 25.5 Å². The lowest BCUT2D eigenvalue weighted by molar-refractivity contribution is -0.116. The van der Waals surface area contributed by atoms with E-state index in [1.54, 1.807) is 18.9 Å². The van der Waals surface area contributed by atoms with Crippen molar-refractivity contribution >= 4 is 35.0 Å². The number of anilines is 2. The van der Waals surface area contributed by atoms with Crippen molar-refractivity contribution in [2.75, 3.05) is 23.1 Å². The van der Waals surface area contributed by atoms with Crippen molar-refractivity contribution in [3.8, 4) is 5.75 Å². The fourth-order valence-corrected chi connectivity index (χ4v) is 4.19. The predicted octanol–water partition coefficient (Wildman–Crippen LogP) is 4.60. The minimum atomic E-state index is -0.113. The van der Waals surface area contributed by atoms with Gasteiger partial charge in [-0.05, 0) is 48.4 Å². The molecule has 1 heterocycles. The van der Waals surface area contributed by atoms with Crippen LogP contribution < -0.4 is 15.0 Å². The van der Waals surface area contributed by atoms with Gasteiger partial charge >= 0.3 is 0 Å². The van der Waals surface area contributed by atoms with Crippen molar-refractivity contribution in [3.63, 3.8) is 0 Å². The highest BCUT2D eigenvalue weighted by molar-refractivity contribution is 8.00. The van der Waals surface area contributed by atoms with E-state index in [1.165, 1.54) is 0 Å². The first-order valence-electron chi connectivity index (χ1n) is 9.10. The fraction of sp³-hybridized carbons (Fsp3) is 0.333. The largest absolute Gasteiger partial charge is 0.497 e. The topological polar surface area (TPSA) is 58.6 Å². The quantitative estimate of drug-likeness (QED) is 0.758. The third-order valence-corrected chi connectivity index (χ3v) is 5.64. The molecule has 27 heavy (non-hydrogen) atoms. The van der Waals surface area contributed by atoms with E-state index in [2.05, 4.69) is 12.2 Å². The summed E-state index contributed by atoms with van der Waals surface area (Å²) in [6.45, 7) is 2.07. The molecular formula is C21H24N2O3S. The normalized spacial score (nSPS) is 16.4. The number of hydrogen-bond donors (Lipinski definition) is 1. The number of nitrogens with zero attached hydrogens (tertiary/aromatic N) is 1. The first-order valence-corrected chi connectivity index (χ1v) is 10.1. The number of nitrogens with one attached hydrogen (secondary N) is 1. The maximum absolute atomic E-state index is 12.5. The highest BCUT2D eigenvalue weighted by Crippen LogP contribution is 2.42. The van der Waals surface area contributed by atoms with E-state index in [0.717, 1.165) is 35.5 Å². The molecule has 1 aliphatic heterocycles. The molecule has 1 N–H and O–H groups in total. The molecule has 0 bridgehead atoms. The van der Waals surface area contributed by atoms with Gasteiger partial charge in [-0.25, -0.2) is 0 Å². The second-order valence-corrected chi connectivity index (χ2v) is 7.47. The third kappa shape index (κ3) is 4.63. The molecule has 0 unspecified atom stereocenters. The zero-order chi connectivity index (χ0) is 19.2. The van der Waals surface area contributed by atoms with Crippen LogP contribution in [0.2, 0.25) is 0 Å². The Kier molecular flexibility index (Phi) is 6.40. The van der Waals surface area contributed by atoms with Crippen LogP contribution in [-0.4, -0.2) is 24.7 Å². The molecule has 1 aliphatic rings. The number of hydrogen-bond acceptors (Lipinski definition) is 4. The summed E-state index contributed by atoms with van der Waals surface area (Å²) in [6, 6.07) is 15.2. The van der Waals surface area contributed by atoms with Crippen molar-refractivity contribution in [2.45, 2.75) is 31.6 Å². The smallest absolute Gasteiger partial charge is 0.238 e. The number of thioether (sulfide) groups is 1. The maximum Gasteiger partial charge on any atom is 0.238 e. The van der Waals surface area contributed by atoms with Crippen LogP contribution in [0, 0.1) is 0 Å². The van der Waals surface area contributed by atoms with Crippen LogP contribution in [0.4, 0.5) is 11.4 Å². The summed E-state index contributed by atoms with van der Waals surface area (Å²) in [6.07, 6.45) is 2.39. The Morgan fingerprint density at radius 2 is 2.04 bits per heavy atom. The molecule has 5 nitrogen and oxygen atoms in total. The number of unbranched alkanes of at least 4 members (excludes halogenated alkanes) is 1. The van der Waals surface area contributed by atoms with Crippen LogP contribution in [0.5, 0.6) is 5.75 Å². The van der Waals surface area contributed by atoms with Gasteiger partial charge in [-0.3, -0.25) is 14.5 Å². The molecule has 2 aromatic carbocycles. The number of carbonyl (C=O) groups excluding carboxylic acids is 2. The third-order valence-electron chi connectivity index (χ3n) is 4.43. The van der Waals surface area contributed by atoms with Crippen LogP contribution in [-0.2, 0) is 9.59 Å². The van der Waals surface area contributed by atoms with E-state index >= 15 is 0 Å². The first-order chi connectivity index (χ1) is 13.1. The van der Waals surface area contributed by atoms with E-state index in [1.807, 2.05) is 53.4 Å². The summed E-state index contributed by atoms with van der Waals surface area (Å²) in [5.41, 5.74) is 2.60. The predicted molar refractivity (Wildman–Crippen MR) is 110 cm³/mol. The van der Waals surface area contributed by atoms with Crippen LogP contribution in [0.1, 0.15) is 37.1 Å². The van der Waals surface area contributed by atoms with E-state index in [9.17, 15) is 9.59 Å². The monoisotopic (exact) mass is 384 g/mol. The fourth-order valence-electron chi connectivity index (χ4n) is 3.02. The van der Waals surface area contributed by atoms with Gasteiger partial charge in [0.1, 0.15) is 11.1 Å². The van der Waals surface area contributed by atoms with E-state index < -0.39 is 0 Å². The second-order valence-electron chi connectivity index (χ2n) is 6.40. The van der Waals surface area contributed by atoms with E-state index in [0.29, 0.717) is 12.2 Å². The Balaban J connectivity index is 1.80. The summed E-state index contributed by atoms with van der Waals surface area (Å²) >= 11 is 1.59. The lowest BCUT2D eigenvalue weighted by Gasteiger charge is -2.25. The summed E-state index contributed by atoms with van der Waals surface area (Å²) in [7, 11) is 1.62. The SMILES string of the molecule is CCCCC(=O)Nc1cccc([C@H]2SCC(=O)N2c2ccc(OC)cc2)c1. The molecule has 6 heteroatoms. The highest BCUT2D eigenvalue weighted by Gasteiger charge is 2.34. The Bertz CT molecular complexity index is 807. The molecule has 142 valence electrons. The zero-order valence-electron chi connectivity index (χ0n) is 15.6. The lowest BCUT2D eigenvalue weighted by atomic mass is 10.1. The molecule has 1 saturated heterocycles. The van der Waals surface area contributed by atoms with Crippen molar-refractivity contribution in [1.29, 1.82) is 0 Å². The number of rotatable bonds is 7. The molecule has 1 fully saturated rings. The average Bonchev–Trinajstić information content (AvgIpc) is 3.08. The number of benzene rings is 2. The molecule has 0 aromatic heterocycles. The highest BCUT2D eigenvalue weighted by atomic mass is 32.2. The van der Waals surface area contributed by atoms with Crippen molar-refractivity contribution in [2.24, 2.45) is 0 Å². The van der Waals surface area contributed by atoms with Crippen molar-refractivity contribution < 1.29 is 14.3 Å². The zero-order valence-corrected chi connectivity index (χ0v) is 16.4. The standard InChI is InChI=1S/C21H24N2O3S/c1-3-4-8-19(24)22-16-7-5-6-15(13-16)21-23(20(25)14-27-21)17-9-11-18(26-2)12-10-17/h5-7,9-13,21H,3-4,8,14H2,1-2H3,(H,22,24)/t21-/m1/s1. The van der Waals surface area contributed by atoms with Gasteiger partial charge in [-0.15, -0.1) is 11.8 Å². The van der Waals surface area contributed by atoms with Crippen LogP contribution in [0.25, 0.3) is 0 Å². The molecule has 0 saturated carbocycles. The number of carbonyl (C=O) groups is 2. The van der Waals surface area contributed by atoms with Crippen molar-refractivity contribution in [1.82, 2.24) is 0 Å². The molecule has 2 aromatic rings. The van der Waals surface area contributed by atoms with Crippen LogP contribution >= 0.6 is 11.8 Å². The van der Waals surface area contributed by atoms with Gasteiger partial charge in [0.25, 0.3) is 0 Å². The molecule has 0 spiro atoms. The lowest BCUT2D eigenvalue weighted by Crippen LogP contribution is -2.27. The molecule has 1 atom stereocenters. The molecular weight excluding hydrogens is 360 g/mol. The van der Waals surface area contributed by atoms with E-state index in [-0.39, 0.29) is 17.2 Å². The Labute approximate surface area is 164 Å². The summed E-state index contributed by atoms with van der Waals surface area (Å²) in [4.78, 5) is 26.3. The van der Waals surface area contributed by atoms with E-state index in [4.69, 9.17) is 4.74 Å². The van der Waals surface area contributed by atoms with Gasteiger partial charge in [-0.2, -0.15) is 0 Å². The van der Waals surface area contributed by atoms with Gasteiger partial charge in [0.2, 0.25) is 11.8 Å². The molecule has 3 rings (SSSR count). The van der Waals surface area contributed by atoms with Crippen molar-refractivity contribution in [3.05, 3.63) is 54.1 Å². The van der Waals surface area contributed by atoms with Gasteiger partial charge in [0, 0.05) is 17.8 Å². The Morgan fingerprint density at radius 3 is 2.74 bits per heavy atom. The average molecular weight is 385 g/mol. The number of amides is 2. The first kappa shape index (κ1) is 19.3.